The predicted molar refractivity (Wildman–Crippen MR) is 150 cm³/mol. The number of carbonyl (C=O) groups is 4. The summed E-state index contributed by atoms with van der Waals surface area (Å²) in [6.07, 6.45) is 0.317. The number of ether oxygens (including phenoxy) is 3. The van der Waals surface area contributed by atoms with Crippen molar-refractivity contribution in [2.45, 2.75) is 65.3 Å². The Balaban J connectivity index is 1.78. The molecule has 0 aliphatic rings. The number of rotatable bonds is 9. The van der Waals surface area contributed by atoms with Gasteiger partial charge in [0.05, 0.1) is 12.6 Å². The molecule has 0 saturated carbocycles. The van der Waals surface area contributed by atoms with Crippen LogP contribution in [-0.4, -0.2) is 53.4 Å². The van der Waals surface area contributed by atoms with Gasteiger partial charge in [0, 0.05) is 18.0 Å². The number of nitrogens with one attached hydrogen (secondary N) is 2. The highest BCUT2D eigenvalue weighted by Crippen LogP contribution is 2.24. The molecule has 0 aliphatic heterocycles. The van der Waals surface area contributed by atoms with Crippen molar-refractivity contribution >= 4 is 35.0 Å². The Bertz CT molecular complexity index is 1340. The first-order chi connectivity index (χ1) is 18.9. The van der Waals surface area contributed by atoms with E-state index in [0.29, 0.717) is 11.1 Å². The van der Waals surface area contributed by atoms with Crippen LogP contribution in [0.5, 0.6) is 0 Å². The van der Waals surface area contributed by atoms with Crippen molar-refractivity contribution in [3.05, 3.63) is 71.9 Å². The number of benzene rings is 2. The summed E-state index contributed by atoms with van der Waals surface area (Å²) in [5.41, 5.74) is 1.34. The second-order valence-corrected chi connectivity index (χ2v) is 10.7. The topological polar surface area (TPSA) is 125 Å². The van der Waals surface area contributed by atoms with Gasteiger partial charge in [0.1, 0.15) is 24.3 Å². The van der Waals surface area contributed by atoms with E-state index in [1.54, 1.807) is 52.9 Å². The number of alkyl carbamates (subject to hydrolysis) is 1. The number of nitrogens with zero attached hydrogens (tertiary/aromatic N) is 1. The Morgan fingerprint density at radius 1 is 0.925 bits per heavy atom. The van der Waals surface area contributed by atoms with Crippen LogP contribution >= 0.6 is 0 Å². The van der Waals surface area contributed by atoms with Crippen LogP contribution in [0.15, 0.2) is 60.8 Å². The lowest BCUT2D eigenvalue weighted by atomic mass is 10.0. The van der Waals surface area contributed by atoms with Crippen LogP contribution in [0.3, 0.4) is 0 Å². The van der Waals surface area contributed by atoms with Crippen LogP contribution in [-0.2, 0) is 36.8 Å². The molecule has 0 saturated heterocycles. The maximum atomic E-state index is 13.3. The molecule has 10 heteroatoms. The first-order valence-electron chi connectivity index (χ1n) is 13.1. The fourth-order valence-corrected chi connectivity index (χ4v) is 4.12. The third kappa shape index (κ3) is 8.08. The van der Waals surface area contributed by atoms with Gasteiger partial charge in [0.25, 0.3) is 0 Å². The molecular formula is C30H37N3O7. The van der Waals surface area contributed by atoms with Crippen LogP contribution in [0.1, 0.15) is 45.7 Å². The number of para-hydroxylation sites is 1. The van der Waals surface area contributed by atoms with Crippen LogP contribution in [0.4, 0.5) is 9.59 Å². The van der Waals surface area contributed by atoms with Crippen molar-refractivity contribution < 1.29 is 33.4 Å². The van der Waals surface area contributed by atoms with E-state index >= 15 is 0 Å². The van der Waals surface area contributed by atoms with Crippen molar-refractivity contribution in [2.24, 2.45) is 5.92 Å². The zero-order chi connectivity index (χ0) is 29.4. The monoisotopic (exact) mass is 551 g/mol. The first kappa shape index (κ1) is 30.2. The molecule has 214 valence electrons. The molecule has 2 amide bonds. The van der Waals surface area contributed by atoms with Gasteiger partial charge in [-0.2, -0.15) is 0 Å². The number of amides is 2. The average Bonchev–Trinajstić information content (AvgIpc) is 3.27. The lowest BCUT2D eigenvalue weighted by Gasteiger charge is -2.24. The van der Waals surface area contributed by atoms with Gasteiger partial charge in [0.15, 0.2) is 0 Å². The summed E-state index contributed by atoms with van der Waals surface area (Å²) in [5.74, 6) is -1.55. The fourth-order valence-electron chi connectivity index (χ4n) is 4.12. The first-order valence-corrected chi connectivity index (χ1v) is 13.1. The Kier molecular flexibility index (Phi) is 9.93. The van der Waals surface area contributed by atoms with Gasteiger partial charge >= 0.3 is 18.2 Å². The largest absolute Gasteiger partial charge is 0.467 e. The Labute approximate surface area is 234 Å². The van der Waals surface area contributed by atoms with Gasteiger partial charge in [-0.25, -0.2) is 14.4 Å². The second-order valence-electron chi connectivity index (χ2n) is 10.7. The highest BCUT2D eigenvalue weighted by molar-refractivity contribution is 5.93. The minimum atomic E-state index is -1.08. The lowest BCUT2D eigenvalue weighted by molar-refractivity contribution is -0.145. The maximum absolute atomic E-state index is 13.3. The van der Waals surface area contributed by atoms with E-state index < -0.39 is 41.7 Å². The number of esters is 1. The van der Waals surface area contributed by atoms with Gasteiger partial charge in [-0.15, -0.1) is 0 Å². The highest BCUT2D eigenvalue weighted by Gasteiger charge is 2.31. The molecule has 2 atom stereocenters. The number of hydrogen-bond acceptors (Lipinski definition) is 7. The average molecular weight is 552 g/mol. The second kappa shape index (κ2) is 13.1. The zero-order valence-electron chi connectivity index (χ0n) is 23.7. The summed E-state index contributed by atoms with van der Waals surface area (Å²) in [7, 11) is 1.23. The maximum Gasteiger partial charge on any atom is 0.419 e. The summed E-state index contributed by atoms with van der Waals surface area (Å²) in [4.78, 5) is 51.4. The third-order valence-electron chi connectivity index (χ3n) is 6.05. The van der Waals surface area contributed by atoms with Gasteiger partial charge < -0.3 is 24.8 Å². The van der Waals surface area contributed by atoms with E-state index in [9.17, 15) is 19.2 Å². The molecule has 3 aromatic rings. The van der Waals surface area contributed by atoms with Gasteiger partial charge in [-0.3, -0.25) is 9.36 Å². The number of methoxy groups -OCH3 is 1. The van der Waals surface area contributed by atoms with Gasteiger partial charge in [-0.05, 0) is 43.9 Å². The Morgan fingerprint density at radius 2 is 1.57 bits per heavy atom. The van der Waals surface area contributed by atoms with E-state index in [4.69, 9.17) is 14.2 Å². The quantitative estimate of drug-likeness (QED) is 0.295. The van der Waals surface area contributed by atoms with Crippen molar-refractivity contribution in [1.29, 1.82) is 0 Å². The number of hydrogen-bond donors (Lipinski definition) is 2. The molecule has 0 radical (unpaired) electrons. The molecule has 40 heavy (non-hydrogen) atoms. The predicted octanol–water partition coefficient (Wildman–Crippen LogP) is 4.58. The summed E-state index contributed by atoms with van der Waals surface area (Å²) in [5, 5.41) is 6.02. The smallest absolute Gasteiger partial charge is 0.419 e. The van der Waals surface area contributed by atoms with E-state index in [-0.39, 0.29) is 18.9 Å². The number of aromatic nitrogens is 1. The molecule has 2 aromatic carbocycles. The summed E-state index contributed by atoms with van der Waals surface area (Å²) < 4.78 is 17.1. The summed E-state index contributed by atoms with van der Waals surface area (Å²) in [6.45, 7) is 8.91. The molecule has 0 unspecified atom stereocenters. The van der Waals surface area contributed by atoms with Crippen LogP contribution < -0.4 is 10.6 Å². The molecule has 1 aromatic heterocycles. The summed E-state index contributed by atoms with van der Waals surface area (Å²) in [6, 6.07) is 14.3. The molecule has 3 rings (SSSR count). The van der Waals surface area contributed by atoms with E-state index in [1.807, 2.05) is 42.5 Å². The highest BCUT2D eigenvalue weighted by atomic mass is 16.6. The molecule has 10 nitrogen and oxygen atoms in total. The fraction of sp³-hybridized carbons (Fsp3) is 0.400. The molecule has 0 fully saturated rings. The Hall–Kier alpha value is -4.34. The SMILES string of the molecule is COC(=O)[C@H](Cc1cn(C(=O)OC(C)(C)C)c2ccccc12)NC(=O)[C@H](NC(=O)OCc1ccccc1)C(C)C. The van der Waals surface area contributed by atoms with Crippen molar-refractivity contribution in [2.75, 3.05) is 7.11 Å². The van der Waals surface area contributed by atoms with Crippen LogP contribution in [0.25, 0.3) is 10.9 Å². The molecule has 1 heterocycles. The van der Waals surface area contributed by atoms with Crippen LogP contribution in [0, 0.1) is 5.92 Å². The molecule has 2 N–H and O–H groups in total. The lowest BCUT2D eigenvalue weighted by Crippen LogP contribution is -2.54. The Morgan fingerprint density at radius 3 is 2.20 bits per heavy atom. The third-order valence-corrected chi connectivity index (χ3v) is 6.05. The van der Waals surface area contributed by atoms with Crippen molar-refractivity contribution in [1.82, 2.24) is 15.2 Å². The minimum Gasteiger partial charge on any atom is -0.467 e. The van der Waals surface area contributed by atoms with E-state index in [1.165, 1.54) is 11.7 Å². The van der Waals surface area contributed by atoms with Crippen molar-refractivity contribution in [3.63, 3.8) is 0 Å². The molecule has 0 bridgehead atoms. The molecule has 0 aliphatic carbocycles. The minimum absolute atomic E-state index is 0.0397. The van der Waals surface area contributed by atoms with Crippen LogP contribution in [0.2, 0.25) is 0 Å². The number of carbonyl (C=O) groups excluding carboxylic acids is 4. The standard InChI is InChI=1S/C30H37N3O7/c1-19(2)25(32-28(36)39-18-20-12-8-7-9-13-20)26(34)31-23(27(35)38-6)16-21-17-33(29(37)40-30(3,4)5)24-15-11-10-14-22(21)24/h7-15,17,19,23,25H,16,18H2,1-6H3,(H,31,34)(H,32,36)/t23-,25+/m0/s1. The zero-order valence-corrected chi connectivity index (χ0v) is 23.7. The molecule has 0 spiro atoms. The summed E-state index contributed by atoms with van der Waals surface area (Å²) >= 11 is 0. The van der Waals surface area contributed by atoms with Gasteiger partial charge in [0.2, 0.25) is 5.91 Å². The number of fused-ring (bicyclic) bond motifs is 1. The molecular weight excluding hydrogens is 514 g/mol. The van der Waals surface area contributed by atoms with E-state index in [2.05, 4.69) is 10.6 Å². The normalized spacial score (nSPS) is 12.9. The van der Waals surface area contributed by atoms with E-state index in [0.717, 1.165) is 10.9 Å². The van der Waals surface area contributed by atoms with Crippen molar-refractivity contribution in [3.8, 4) is 0 Å². The van der Waals surface area contributed by atoms with Gasteiger partial charge in [-0.1, -0.05) is 62.4 Å².